The Morgan fingerprint density at radius 1 is 0.478 bits per heavy atom. The maximum Gasteiger partial charge on any atom is 0.0849 e. The summed E-state index contributed by atoms with van der Waals surface area (Å²) in [5, 5.41) is 0. The van der Waals surface area contributed by atoms with Gasteiger partial charge in [-0.3, -0.25) is 9.98 Å². The van der Waals surface area contributed by atoms with Crippen LogP contribution in [0.25, 0.3) is 0 Å². The first-order chi connectivity index (χ1) is 19.6. The zero-order valence-corrected chi connectivity index (χ0v) is 34.1. The number of nitrogens with zero attached hydrogens (tertiary/aromatic N) is 3. The first-order valence-electron chi connectivity index (χ1n) is 16.1. The number of aliphatic imine (C=N–C) groups is 2. The molecule has 0 saturated carbocycles. The Labute approximate surface area is 311 Å². The summed E-state index contributed by atoms with van der Waals surface area (Å²) in [5.41, 5.74) is 13.9. The molecule has 1 heterocycles. The van der Waals surface area contributed by atoms with Crippen LogP contribution in [0, 0.1) is 0 Å². The van der Waals surface area contributed by atoms with Crippen LogP contribution in [-0.2, 0) is 18.6 Å². The second kappa shape index (κ2) is 20.0. The third kappa shape index (κ3) is 11.2. The van der Waals surface area contributed by atoms with E-state index in [-0.39, 0.29) is 55.8 Å². The van der Waals surface area contributed by atoms with Crippen LogP contribution in [0.4, 0.5) is 11.4 Å². The molecule has 1 radical (unpaired) electrons. The van der Waals surface area contributed by atoms with Crippen LogP contribution >= 0.6 is 0 Å². The van der Waals surface area contributed by atoms with Gasteiger partial charge in [0.05, 0.1) is 34.2 Å². The number of pyridine rings is 1. The van der Waals surface area contributed by atoms with Crippen molar-refractivity contribution in [1.29, 1.82) is 0 Å². The third-order valence-electron chi connectivity index (χ3n) is 8.25. The van der Waals surface area contributed by atoms with Gasteiger partial charge in [-0.2, -0.15) is 0 Å². The molecule has 1 aromatic heterocycles. The summed E-state index contributed by atoms with van der Waals surface area (Å²) < 4.78 is 0. The normalized spacial score (nSPS) is 12.0. The fourth-order valence-corrected chi connectivity index (χ4v) is 5.38. The summed E-state index contributed by atoms with van der Waals surface area (Å²) >= 11 is 0. The summed E-state index contributed by atoms with van der Waals surface area (Å²) in [6.45, 7) is 31.4. The largest absolute Gasteiger partial charge is 1.00 e. The molecule has 0 spiro atoms. The first kappa shape index (κ1) is 46.5. The van der Waals surface area contributed by atoms with E-state index in [1.807, 2.05) is 0 Å². The maximum atomic E-state index is 5.27. The topological polar surface area (TPSA) is 37.6 Å². The maximum absolute atomic E-state index is 5.27. The fourth-order valence-electron chi connectivity index (χ4n) is 5.38. The number of rotatable bonds is 10. The van der Waals surface area contributed by atoms with Gasteiger partial charge in [-0.25, -0.2) is 4.98 Å². The number of aromatic nitrogens is 1. The number of halogens is 3. The van der Waals surface area contributed by atoms with Crippen LogP contribution in [0.2, 0.25) is 0 Å². The van der Waals surface area contributed by atoms with Crippen molar-refractivity contribution in [3.63, 3.8) is 0 Å². The summed E-state index contributed by atoms with van der Waals surface area (Å²) in [4.78, 5) is 15.6. The molecule has 46 heavy (non-hydrogen) atoms. The van der Waals surface area contributed by atoms with Crippen molar-refractivity contribution < 1.29 is 55.8 Å². The Bertz CT molecular complexity index is 1310. The molecule has 0 bridgehead atoms. The summed E-state index contributed by atoms with van der Waals surface area (Å²) in [6.07, 6.45) is 0. The summed E-state index contributed by atoms with van der Waals surface area (Å²) in [6, 6.07) is 15.7. The van der Waals surface area contributed by atoms with Gasteiger partial charge in [-0.1, -0.05) is 113 Å². The quantitative estimate of drug-likeness (QED) is 0.297. The molecule has 0 amide bonds. The molecule has 0 aliphatic carbocycles. The molecule has 0 aliphatic heterocycles. The van der Waals surface area contributed by atoms with Crippen molar-refractivity contribution in [3.8, 4) is 0 Å². The van der Waals surface area contributed by atoms with Gasteiger partial charge >= 0.3 is 0 Å². The number of hydrogen-bond acceptors (Lipinski definition) is 3. The Morgan fingerprint density at radius 3 is 0.957 bits per heavy atom. The van der Waals surface area contributed by atoms with Gasteiger partial charge in [-0.05, 0) is 94.9 Å². The second-order valence-electron chi connectivity index (χ2n) is 13.8. The van der Waals surface area contributed by atoms with Crippen molar-refractivity contribution in [1.82, 2.24) is 4.98 Å². The molecule has 0 saturated heterocycles. The van der Waals surface area contributed by atoms with Crippen molar-refractivity contribution in [2.45, 2.75) is 132 Å². The van der Waals surface area contributed by atoms with Crippen LogP contribution < -0.4 is 37.2 Å². The fraction of sp³-hybridized carbons (Fsp3) is 0.513. The molecule has 0 fully saturated rings. The number of hydrogen-bond donors (Lipinski definition) is 0. The van der Waals surface area contributed by atoms with Crippen molar-refractivity contribution in [2.24, 2.45) is 9.98 Å². The molecule has 0 atom stereocenters. The average Bonchev–Trinajstić information content (AvgIpc) is 2.92. The zero-order chi connectivity index (χ0) is 31.5. The predicted octanol–water partition coefficient (Wildman–Crippen LogP) is 3.11. The molecular weight excluding hydrogens is 668 g/mol. The Hall–Kier alpha value is -1.62. The average molecular weight is 723 g/mol. The third-order valence-corrected chi connectivity index (χ3v) is 8.25. The van der Waals surface area contributed by atoms with E-state index in [0.717, 1.165) is 34.2 Å². The van der Waals surface area contributed by atoms with E-state index in [0.29, 0.717) is 35.5 Å². The molecule has 0 N–H and O–H groups in total. The summed E-state index contributed by atoms with van der Waals surface area (Å²) in [7, 11) is 0. The smallest absolute Gasteiger partial charge is 0.0849 e. The predicted molar refractivity (Wildman–Crippen MR) is 185 cm³/mol. The van der Waals surface area contributed by atoms with Gasteiger partial charge in [0, 0.05) is 18.6 Å². The van der Waals surface area contributed by atoms with Gasteiger partial charge in [0.25, 0.3) is 0 Å². The van der Waals surface area contributed by atoms with E-state index in [4.69, 9.17) is 15.0 Å². The van der Waals surface area contributed by atoms with Crippen LogP contribution in [-0.4, -0.2) is 16.4 Å². The van der Waals surface area contributed by atoms with Gasteiger partial charge in [0.1, 0.15) is 0 Å². The van der Waals surface area contributed by atoms with Crippen molar-refractivity contribution in [2.75, 3.05) is 0 Å². The Kier molecular flexibility index (Phi) is 20.2. The zero-order valence-electron chi connectivity index (χ0n) is 30.4. The van der Waals surface area contributed by atoms with Gasteiger partial charge in [0.15, 0.2) is 0 Å². The van der Waals surface area contributed by atoms with Crippen LogP contribution in [0.5, 0.6) is 0 Å². The van der Waals surface area contributed by atoms with Crippen LogP contribution in [0.3, 0.4) is 0 Å². The first-order valence-corrected chi connectivity index (χ1v) is 16.1. The van der Waals surface area contributed by atoms with Crippen molar-refractivity contribution >= 4 is 22.8 Å². The van der Waals surface area contributed by atoms with E-state index in [1.54, 1.807) is 0 Å². The Morgan fingerprint density at radius 2 is 0.739 bits per heavy atom. The molecule has 7 heteroatoms. The van der Waals surface area contributed by atoms with Crippen molar-refractivity contribution in [3.05, 3.63) is 87.2 Å². The minimum absolute atomic E-state index is 0. The Balaban J connectivity index is 0. The molecule has 3 nitrogen and oxygen atoms in total. The van der Waals surface area contributed by atoms with E-state index in [9.17, 15) is 0 Å². The van der Waals surface area contributed by atoms with E-state index in [1.165, 1.54) is 33.4 Å². The molecule has 3 rings (SSSR count). The van der Waals surface area contributed by atoms with E-state index < -0.39 is 0 Å². The van der Waals surface area contributed by atoms with Gasteiger partial charge in [-0.15, -0.1) is 0 Å². The van der Waals surface area contributed by atoms with Crippen LogP contribution in [0.1, 0.15) is 177 Å². The SMILES string of the molecule is CC(=Nc1c(C(C)C)cc(C(C)C)cc1C(C)C)c1cccc(C(C)=Nc2c(C(C)C)cc(C(C)C)cc2C(C)C)n1.[Cl-].[Cl-].[Cl-].[V]. The molecule has 0 unspecified atom stereocenters. The number of benzene rings is 2. The minimum Gasteiger partial charge on any atom is -1.00 e. The molecule has 0 aliphatic rings. The van der Waals surface area contributed by atoms with E-state index in [2.05, 4.69) is 139 Å². The molecule has 255 valence electrons. The van der Waals surface area contributed by atoms with Gasteiger partial charge < -0.3 is 37.2 Å². The summed E-state index contributed by atoms with van der Waals surface area (Å²) in [5.74, 6) is 2.49. The minimum atomic E-state index is 0. The molecular formula is C39H55Cl3N3V-3. The molecule has 2 aromatic carbocycles. The van der Waals surface area contributed by atoms with Gasteiger partial charge in [0.2, 0.25) is 0 Å². The molecule has 3 aromatic rings. The second-order valence-corrected chi connectivity index (χ2v) is 13.8. The monoisotopic (exact) mass is 721 g/mol. The van der Waals surface area contributed by atoms with Crippen LogP contribution in [0.15, 0.2) is 52.4 Å². The van der Waals surface area contributed by atoms with E-state index >= 15 is 0 Å². The standard InChI is InChI=1S/C39H55N3.3ClH.V/c1-22(2)30-18-32(24(5)6)38(33(19-30)25(7)8)40-28(13)36-16-15-17-37(42-36)29(14)41-39-34(26(9)10)20-31(23(3)4)21-35(39)27(11)12;;;;/h15-27H,1-14H3;3*1H;/p-3.